The molecule has 13 heteroatoms. The predicted octanol–water partition coefficient (Wildman–Crippen LogP) is 4.49. The van der Waals surface area contributed by atoms with E-state index in [2.05, 4.69) is 34.9 Å². The van der Waals surface area contributed by atoms with Crippen molar-refractivity contribution in [3.05, 3.63) is 41.6 Å². The maximum Gasteiger partial charge on any atom is 0.407 e. The molecule has 3 heterocycles. The third-order valence-corrected chi connectivity index (χ3v) is 9.78. The number of aliphatic hydroxyl groups excluding tert-OH is 1. The predicted molar refractivity (Wildman–Crippen MR) is 161 cm³/mol. The van der Waals surface area contributed by atoms with Crippen molar-refractivity contribution in [3.8, 4) is 17.0 Å². The Bertz CT molecular complexity index is 1500. The number of aliphatic hydroxyl groups is 1. The lowest BCUT2D eigenvalue weighted by Gasteiger charge is -2.34. The first-order chi connectivity index (χ1) is 20.4. The van der Waals surface area contributed by atoms with E-state index >= 15 is 0 Å². The first kappa shape index (κ1) is 30.9. The van der Waals surface area contributed by atoms with E-state index in [4.69, 9.17) is 9.47 Å². The van der Waals surface area contributed by atoms with Crippen LogP contribution in [0.1, 0.15) is 35.3 Å². The minimum atomic E-state index is -1.35. The maximum atomic E-state index is 14.4. The van der Waals surface area contributed by atoms with E-state index in [0.29, 0.717) is 58.4 Å². The lowest BCUT2D eigenvalue weighted by atomic mass is 10.0. The van der Waals surface area contributed by atoms with E-state index in [1.165, 1.54) is 18.5 Å². The Morgan fingerprint density at radius 1 is 1.19 bits per heavy atom. The smallest absolute Gasteiger partial charge is 0.407 e. The zero-order valence-electron chi connectivity index (χ0n) is 25.1. The fourth-order valence-corrected chi connectivity index (χ4v) is 6.03. The largest absolute Gasteiger partial charge is 0.492 e. The molecule has 3 N–H and O–H groups in total. The Morgan fingerprint density at radius 2 is 1.95 bits per heavy atom. The van der Waals surface area contributed by atoms with Crippen molar-refractivity contribution in [1.29, 1.82) is 0 Å². The van der Waals surface area contributed by atoms with Gasteiger partial charge in [-0.15, -0.1) is 0 Å². The van der Waals surface area contributed by atoms with Crippen LogP contribution >= 0.6 is 0 Å². The number of carboxylic acid groups (broad SMARTS) is 1. The molecule has 0 radical (unpaired) electrons. The van der Waals surface area contributed by atoms with E-state index in [1.807, 2.05) is 4.57 Å². The number of benzene rings is 1. The minimum absolute atomic E-state index is 0.0908. The standard InChI is InChI=1S/C30H40FN5O6Si/c1-18-25(29(38)34-22-9-10-35(30(39)40)14-23(22)37)27-28(36(18)17-41-11-12-43(2,3)4)26(32-16-33-27)21-8-7-20(31)13-24(21)42-15-19-5-6-19/h7-8,13,16,19,22-23,37H,5-6,9-12,14-15,17H2,1-4H3,(H,34,38)(H,39,40)/t22-,23-/m0/s1. The molecule has 2 fully saturated rings. The van der Waals surface area contributed by atoms with Gasteiger partial charge in [0.05, 0.1) is 36.4 Å². The fourth-order valence-electron chi connectivity index (χ4n) is 5.27. The lowest BCUT2D eigenvalue weighted by Crippen LogP contribution is -2.55. The van der Waals surface area contributed by atoms with Crippen molar-refractivity contribution in [2.24, 2.45) is 5.92 Å². The highest BCUT2D eigenvalue weighted by atomic mass is 28.3. The summed E-state index contributed by atoms with van der Waals surface area (Å²) in [4.78, 5) is 35.4. The quantitative estimate of drug-likeness (QED) is 0.212. The summed E-state index contributed by atoms with van der Waals surface area (Å²) in [5, 5.41) is 22.8. The van der Waals surface area contributed by atoms with Crippen molar-refractivity contribution in [2.45, 2.75) is 70.7 Å². The van der Waals surface area contributed by atoms with Crippen molar-refractivity contribution < 1.29 is 33.7 Å². The molecule has 1 saturated heterocycles. The monoisotopic (exact) mass is 613 g/mol. The molecule has 5 rings (SSSR count). The minimum Gasteiger partial charge on any atom is -0.492 e. The summed E-state index contributed by atoms with van der Waals surface area (Å²) in [7, 11) is -1.35. The number of amides is 2. The molecule has 43 heavy (non-hydrogen) atoms. The molecule has 11 nitrogen and oxygen atoms in total. The summed E-state index contributed by atoms with van der Waals surface area (Å²) < 4.78 is 28.4. The first-order valence-electron chi connectivity index (χ1n) is 14.7. The van der Waals surface area contributed by atoms with Crippen LogP contribution in [0.15, 0.2) is 24.5 Å². The van der Waals surface area contributed by atoms with Gasteiger partial charge in [0.25, 0.3) is 5.91 Å². The van der Waals surface area contributed by atoms with E-state index in [1.54, 1.807) is 13.0 Å². The van der Waals surface area contributed by atoms with Crippen molar-refractivity contribution >= 4 is 31.1 Å². The summed E-state index contributed by atoms with van der Waals surface area (Å²) in [6.07, 6.45) is 1.65. The molecule has 1 aliphatic heterocycles. The summed E-state index contributed by atoms with van der Waals surface area (Å²) in [5.74, 6) is -0.0320. The molecule has 0 spiro atoms. The van der Waals surface area contributed by atoms with Crippen LogP contribution in [0, 0.1) is 18.7 Å². The number of hydrogen-bond donors (Lipinski definition) is 3. The molecule has 1 aliphatic carbocycles. The zero-order valence-corrected chi connectivity index (χ0v) is 26.1. The molecule has 3 aromatic rings. The number of halogens is 1. The van der Waals surface area contributed by atoms with E-state index in [-0.39, 0.29) is 26.2 Å². The second-order valence-corrected chi connectivity index (χ2v) is 18.3. The normalized spacial score (nSPS) is 19.1. The molecule has 0 bridgehead atoms. The topological polar surface area (TPSA) is 139 Å². The van der Waals surface area contributed by atoms with Crippen LogP contribution in [0.5, 0.6) is 5.75 Å². The van der Waals surface area contributed by atoms with Gasteiger partial charge in [0, 0.05) is 38.5 Å². The number of aromatic nitrogens is 3. The average Bonchev–Trinajstić information content (AvgIpc) is 3.73. The molecule has 0 unspecified atom stereocenters. The molecule has 2 aromatic heterocycles. The number of carbonyl (C=O) groups excluding carboxylic acids is 1. The number of fused-ring (bicyclic) bond motifs is 1. The number of carbonyl (C=O) groups is 2. The van der Waals surface area contributed by atoms with Crippen LogP contribution in [0.3, 0.4) is 0 Å². The number of likely N-dealkylation sites (tertiary alicyclic amines) is 1. The Hall–Kier alpha value is -3.55. The number of rotatable bonds is 11. The van der Waals surface area contributed by atoms with Gasteiger partial charge in [-0.2, -0.15) is 0 Å². The molecule has 1 saturated carbocycles. The molecule has 2 amide bonds. The fraction of sp³-hybridized carbons (Fsp3) is 0.533. The van der Waals surface area contributed by atoms with Crippen molar-refractivity contribution in [2.75, 3.05) is 26.3 Å². The number of β-amino-alcohol motifs (C(OH)–C–C–N with tert-alkyl or cyclic N) is 1. The molecule has 232 valence electrons. The van der Waals surface area contributed by atoms with Crippen LogP contribution in [0.2, 0.25) is 25.7 Å². The maximum absolute atomic E-state index is 14.4. The van der Waals surface area contributed by atoms with Gasteiger partial charge in [0.2, 0.25) is 0 Å². The van der Waals surface area contributed by atoms with Crippen LogP contribution in [0.4, 0.5) is 9.18 Å². The van der Waals surface area contributed by atoms with Gasteiger partial charge < -0.3 is 34.5 Å². The van der Waals surface area contributed by atoms with Gasteiger partial charge in [-0.05, 0) is 50.3 Å². The van der Waals surface area contributed by atoms with Gasteiger partial charge in [0.15, 0.2) is 0 Å². The van der Waals surface area contributed by atoms with Crippen LogP contribution in [-0.2, 0) is 11.5 Å². The zero-order chi connectivity index (χ0) is 30.9. The lowest BCUT2D eigenvalue weighted by molar-refractivity contribution is 0.0391. The van der Waals surface area contributed by atoms with Gasteiger partial charge in [-0.3, -0.25) is 4.79 Å². The number of ether oxygens (including phenoxy) is 2. The number of piperidine rings is 1. The molecule has 2 aliphatic rings. The van der Waals surface area contributed by atoms with Crippen LogP contribution < -0.4 is 10.1 Å². The average molecular weight is 614 g/mol. The summed E-state index contributed by atoms with van der Waals surface area (Å²) >= 11 is 0. The number of nitrogens with zero attached hydrogens (tertiary/aromatic N) is 4. The number of nitrogens with one attached hydrogen (secondary N) is 1. The van der Waals surface area contributed by atoms with E-state index < -0.39 is 38.0 Å². The summed E-state index contributed by atoms with van der Waals surface area (Å²) in [6, 6.07) is 4.68. The SMILES string of the molecule is Cc1c(C(=O)N[C@H]2CCN(C(=O)O)C[C@@H]2O)c2ncnc(-c3ccc(F)cc3OCC3CC3)c2n1COCC[Si](C)(C)C. The Balaban J connectivity index is 1.53. The Kier molecular flexibility index (Phi) is 9.04. The highest BCUT2D eigenvalue weighted by molar-refractivity contribution is 6.76. The van der Waals surface area contributed by atoms with Gasteiger partial charge in [0.1, 0.15) is 35.8 Å². The van der Waals surface area contributed by atoms with Crippen molar-refractivity contribution in [1.82, 2.24) is 24.8 Å². The van der Waals surface area contributed by atoms with Crippen molar-refractivity contribution in [3.63, 3.8) is 0 Å². The second-order valence-electron chi connectivity index (χ2n) is 12.7. The van der Waals surface area contributed by atoms with Gasteiger partial charge in [-0.1, -0.05) is 19.6 Å². The second kappa shape index (κ2) is 12.6. The van der Waals surface area contributed by atoms with Gasteiger partial charge in [-0.25, -0.2) is 19.2 Å². The van der Waals surface area contributed by atoms with E-state index in [0.717, 1.165) is 23.8 Å². The first-order valence-corrected chi connectivity index (χ1v) is 18.4. The number of hydrogen-bond acceptors (Lipinski definition) is 7. The Labute approximate surface area is 251 Å². The highest BCUT2D eigenvalue weighted by Gasteiger charge is 2.33. The molecular formula is C30H40FN5O6Si. The summed E-state index contributed by atoms with van der Waals surface area (Å²) in [5.41, 5.74) is 2.93. The van der Waals surface area contributed by atoms with Gasteiger partial charge >= 0.3 is 6.09 Å². The van der Waals surface area contributed by atoms with Crippen LogP contribution in [-0.4, -0.2) is 88.2 Å². The molecule has 2 atom stereocenters. The highest BCUT2D eigenvalue weighted by Crippen LogP contribution is 2.38. The third kappa shape index (κ3) is 7.16. The Morgan fingerprint density at radius 3 is 2.63 bits per heavy atom. The summed E-state index contributed by atoms with van der Waals surface area (Å²) in [6.45, 7) is 9.92. The molecule has 1 aromatic carbocycles. The third-order valence-electron chi connectivity index (χ3n) is 8.08. The van der Waals surface area contributed by atoms with Crippen LogP contribution in [0.25, 0.3) is 22.3 Å². The van der Waals surface area contributed by atoms with E-state index in [9.17, 15) is 24.2 Å². The molecular weight excluding hydrogens is 573 g/mol.